The maximum absolute atomic E-state index is 12.8. The van der Waals surface area contributed by atoms with Gasteiger partial charge in [0.2, 0.25) is 5.91 Å². The van der Waals surface area contributed by atoms with Gasteiger partial charge in [0.05, 0.1) is 18.5 Å². The van der Waals surface area contributed by atoms with Gasteiger partial charge in [0.25, 0.3) is 5.91 Å². The van der Waals surface area contributed by atoms with Gasteiger partial charge in [-0.3, -0.25) is 9.59 Å². The summed E-state index contributed by atoms with van der Waals surface area (Å²) in [5, 5.41) is 3.43. The minimum atomic E-state index is -0.596. The van der Waals surface area contributed by atoms with Gasteiger partial charge in [-0.05, 0) is 61.0 Å². The Bertz CT molecular complexity index is 1090. The first kappa shape index (κ1) is 19.8. The van der Waals surface area contributed by atoms with E-state index in [1.165, 1.54) is 12.3 Å². The van der Waals surface area contributed by atoms with Crippen LogP contribution in [0.3, 0.4) is 0 Å². The van der Waals surface area contributed by atoms with Gasteiger partial charge in [-0.15, -0.1) is 0 Å². The number of amides is 2. The lowest BCUT2D eigenvalue weighted by Crippen LogP contribution is -2.44. The Hall–Kier alpha value is -3.51. The molecule has 2 aromatic carbocycles. The molecule has 0 radical (unpaired) electrons. The highest BCUT2D eigenvalue weighted by Gasteiger charge is 2.31. The number of ether oxygens (including phenoxy) is 1. The van der Waals surface area contributed by atoms with E-state index in [-0.39, 0.29) is 11.8 Å². The van der Waals surface area contributed by atoms with Crippen LogP contribution >= 0.6 is 11.6 Å². The summed E-state index contributed by atoms with van der Waals surface area (Å²) in [6.45, 7) is 2.09. The molecule has 1 aromatic heterocycles. The van der Waals surface area contributed by atoms with Crippen molar-refractivity contribution in [2.24, 2.45) is 0 Å². The molecule has 1 aliphatic rings. The molecule has 152 valence electrons. The van der Waals surface area contributed by atoms with E-state index in [0.29, 0.717) is 34.5 Å². The Morgan fingerprint density at radius 3 is 2.73 bits per heavy atom. The van der Waals surface area contributed by atoms with Gasteiger partial charge in [0.1, 0.15) is 11.5 Å². The quantitative estimate of drug-likeness (QED) is 0.593. The summed E-state index contributed by atoms with van der Waals surface area (Å²) < 4.78 is 10.9. The van der Waals surface area contributed by atoms with E-state index in [2.05, 4.69) is 5.32 Å². The molecule has 2 heterocycles. The first-order valence-electron chi connectivity index (χ1n) is 9.39. The topological polar surface area (TPSA) is 71.8 Å². The van der Waals surface area contributed by atoms with Crippen molar-refractivity contribution in [3.63, 3.8) is 0 Å². The van der Waals surface area contributed by atoms with Crippen LogP contribution in [-0.4, -0.2) is 17.9 Å². The highest BCUT2D eigenvalue weighted by Crippen LogP contribution is 2.37. The highest BCUT2D eigenvalue weighted by molar-refractivity contribution is 6.30. The number of carbonyl (C=O) groups is 2. The normalized spacial score (nSPS) is 15.7. The molecule has 4 rings (SSSR count). The minimum absolute atomic E-state index is 0.154. The zero-order chi connectivity index (χ0) is 21.1. The summed E-state index contributed by atoms with van der Waals surface area (Å²) in [5.41, 5.74) is 2.08. The number of nitrogens with zero attached hydrogens (tertiary/aromatic N) is 1. The predicted octanol–water partition coefficient (Wildman–Crippen LogP) is 4.90. The molecule has 1 N–H and O–H groups in total. The first-order chi connectivity index (χ1) is 14.5. The van der Waals surface area contributed by atoms with Crippen molar-refractivity contribution in [1.82, 2.24) is 0 Å². The number of nitrogens with one attached hydrogen (secondary N) is 1. The average Bonchev–Trinajstić information content (AvgIpc) is 3.25. The molecule has 0 bridgehead atoms. The Labute approximate surface area is 178 Å². The highest BCUT2D eigenvalue weighted by atomic mass is 35.5. The zero-order valence-corrected chi connectivity index (χ0v) is 16.9. The lowest BCUT2D eigenvalue weighted by molar-refractivity contribution is -0.125. The molecule has 1 aliphatic heterocycles. The number of hydrogen-bond acceptors (Lipinski definition) is 4. The fraction of sp³-hybridized carbons (Fsp3) is 0.130. The molecule has 0 spiro atoms. The summed E-state index contributed by atoms with van der Waals surface area (Å²) in [6.07, 6.45) is 3.90. The van der Waals surface area contributed by atoms with Crippen molar-refractivity contribution in [2.75, 3.05) is 10.2 Å². The van der Waals surface area contributed by atoms with Gasteiger partial charge in [-0.1, -0.05) is 23.7 Å². The molecule has 0 fully saturated rings. The molecular weight excluding hydrogens is 404 g/mol. The molecule has 3 aromatic rings. The Balaban J connectivity index is 1.56. The number of furan rings is 1. The standard InChI is InChI=1S/C23H19ClN2O4/c1-15-23(28)26(14-16-4-6-17(24)7-5-16)20-13-18(8-10-21(20)30-15)25-22(27)11-9-19-3-2-12-29-19/h2-13,15H,14H2,1H3,(H,25,27)/b11-9+. The van der Waals surface area contributed by atoms with Crippen LogP contribution < -0.4 is 15.0 Å². The molecule has 30 heavy (non-hydrogen) atoms. The van der Waals surface area contributed by atoms with Crippen LogP contribution in [0.5, 0.6) is 5.75 Å². The van der Waals surface area contributed by atoms with E-state index in [1.54, 1.807) is 60.4 Å². The molecule has 6 nitrogen and oxygen atoms in total. The van der Waals surface area contributed by atoms with E-state index in [4.69, 9.17) is 20.8 Å². The predicted molar refractivity (Wildman–Crippen MR) is 116 cm³/mol. The van der Waals surface area contributed by atoms with E-state index in [0.717, 1.165) is 5.56 Å². The summed E-state index contributed by atoms with van der Waals surface area (Å²) in [4.78, 5) is 26.7. The molecule has 0 saturated heterocycles. The van der Waals surface area contributed by atoms with E-state index in [1.807, 2.05) is 12.1 Å². The smallest absolute Gasteiger partial charge is 0.268 e. The van der Waals surface area contributed by atoms with Crippen LogP contribution in [0.2, 0.25) is 5.02 Å². The molecule has 1 unspecified atom stereocenters. The number of anilines is 2. The lowest BCUT2D eigenvalue weighted by Gasteiger charge is -2.33. The summed E-state index contributed by atoms with van der Waals surface area (Å²) in [5.74, 6) is 0.698. The van der Waals surface area contributed by atoms with E-state index in [9.17, 15) is 9.59 Å². The van der Waals surface area contributed by atoms with Crippen molar-refractivity contribution in [3.05, 3.63) is 83.3 Å². The number of halogens is 1. The van der Waals surface area contributed by atoms with Crippen molar-refractivity contribution >= 4 is 40.9 Å². The molecule has 0 aliphatic carbocycles. The second-order valence-corrected chi connectivity index (χ2v) is 7.27. The van der Waals surface area contributed by atoms with Crippen molar-refractivity contribution < 1.29 is 18.7 Å². The van der Waals surface area contributed by atoms with Crippen LogP contribution in [0.1, 0.15) is 18.2 Å². The Kier molecular flexibility index (Phi) is 5.59. The number of carbonyl (C=O) groups excluding carboxylic acids is 2. The van der Waals surface area contributed by atoms with E-state index < -0.39 is 6.10 Å². The van der Waals surface area contributed by atoms with Gasteiger partial charge in [0.15, 0.2) is 6.10 Å². The molecular formula is C23H19ClN2O4. The Morgan fingerprint density at radius 1 is 1.20 bits per heavy atom. The fourth-order valence-electron chi connectivity index (χ4n) is 3.15. The fourth-order valence-corrected chi connectivity index (χ4v) is 3.27. The maximum Gasteiger partial charge on any atom is 0.268 e. The minimum Gasteiger partial charge on any atom is -0.479 e. The monoisotopic (exact) mass is 422 g/mol. The average molecular weight is 423 g/mol. The molecule has 1 atom stereocenters. The SMILES string of the molecule is CC1Oc2ccc(NC(=O)/C=C/c3ccco3)cc2N(Cc2ccc(Cl)cc2)C1=O. The van der Waals surface area contributed by atoms with Crippen molar-refractivity contribution in [3.8, 4) is 5.75 Å². The third kappa shape index (κ3) is 4.39. The number of benzene rings is 2. The number of hydrogen-bond donors (Lipinski definition) is 1. The van der Waals surface area contributed by atoms with Crippen LogP contribution in [-0.2, 0) is 16.1 Å². The number of rotatable bonds is 5. The largest absolute Gasteiger partial charge is 0.479 e. The van der Waals surface area contributed by atoms with Gasteiger partial charge in [0, 0.05) is 16.8 Å². The van der Waals surface area contributed by atoms with Crippen LogP contribution in [0.4, 0.5) is 11.4 Å². The second-order valence-electron chi connectivity index (χ2n) is 6.83. The third-order valence-corrected chi connectivity index (χ3v) is 4.88. The second kappa shape index (κ2) is 8.47. The summed E-state index contributed by atoms with van der Waals surface area (Å²) in [6, 6.07) is 16.0. The maximum atomic E-state index is 12.8. The summed E-state index contributed by atoms with van der Waals surface area (Å²) in [7, 11) is 0. The van der Waals surface area contributed by atoms with Crippen molar-refractivity contribution in [1.29, 1.82) is 0 Å². The third-order valence-electron chi connectivity index (χ3n) is 4.63. The van der Waals surface area contributed by atoms with Crippen LogP contribution in [0.15, 0.2) is 71.4 Å². The molecule has 0 saturated carbocycles. The molecule has 7 heteroatoms. The van der Waals surface area contributed by atoms with Crippen LogP contribution in [0, 0.1) is 0 Å². The number of fused-ring (bicyclic) bond motifs is 1. The van der Waals surface area contributed by atoms with Crippen LogP contribution in [0.25, 0.3) is 6.08 Å². The molecule has 2 amide bonds. The Morgan fingerprint density at radius 2 is 2.00 bits per heavy atom. The van der Waals surface area contributed by atoms with Gasteiger partial charge in [-0.2, -0.15) is 0 Å². The van der Waals surface area contributed by atoms with E-state index >= 15 is 0 Å². The lowest BCUT2D eigenvalue weighted by atomic mass is 10.1. The zero-order valence-electron chi connectivity index (χ0n) is 16.2. The van der Waals surface area contributed by atoms with Crippen molar-refractivity contribution in [2.45, 2.75) is 19.6 Å². The van der Waals surface area contributed by atoms with Gasteiger partial charge in [-0.25, -0.2) is 0 Å². The summed E-state index contributed by atoms with van der Waals surface area (Å²) >= 11 is 5.96. The van der Waals surface area contributed by atoms with Gasteiger partial charge >= 0.3 is 0 Å². The first-order valence-corrected chi connectivity index (χ1v) is 9.76. The van der Waals surface area contributed by atoms with Gasteiger partial charge < -0.3 is 19.4 Å².